The van der Waals surface area contributed by atoms with Crippen LogP contribution in [0.1, 0.15) is 45.4 Å². The second kappa shape index (κ2) is 9.57. The predicted octanol–water partition coefficient (Wildman–Crippen LogP) is 3.15. The Hall–Kier alpha value is -1.65. The molecule has 0 aliphatic heterocycles. The smallest absolute Gasteiger partial charge is 0.314 e. The Balaban J connectivity index is 4.00. The molecule has 0 aromatic rings. The van der Waals surface area contributed by atoms with Gasteiger partial charge in [-0.1, -0.05) is 31.9 Å². The van der Waals surface area contributed by atoms with E-state index in [-0.39, 0.29) is 5.70 Å². The van der Waals surface area contributed by atoms with E-state index in [1.165, 1.54) is 12.5 Å². The number of unbranched alkanes of at least 4 members (excludes halogenated alkanes) is 3. The maximum absolute atomic E-state index is 10.5. The van der Waals surface area contributed by atoms with Crippen molar-refractivity contribution in [1.29, 1.82) is 0 Å². The topological polar surface area (TPSA) is 80.4 Å². The Morgan fingerprint density at radius 1 is 1.35 bits per heavy atom. The van der Waals surface area contributed by atoms with Crippen molar-refractivity contribution < 1.29 is 14.8 Å². The highest BCUT2D eigenvalue weighted by Gasteiger charge is 2.13. The molecular formula is C12H19NO4. The fraction of sp³-hybridized carbons (Fsp3) is 0.583. The number of carboxylic acids is 1. The molecule has 17 heavy (non-hydrogen) atoms. The average molecular weight is 241 g/mol. The Labute approximate surface area is 101 Å². The van der Waals surface area contributed by atoms with Gasteiger partial charge in [-0.2, -0.15) is 0 Å². The molecule has 5 nitrogen and oxygen atoms in total. The fourth-order valence-electron chi connectivity index (χ4n) is 1.30. The standard InChI is InChI=1S/C12H19NO4/c1-2-3-4-5-6-7-8-9-11(13(16)17)10-12(14)15/h6-7,9H,2-5,8,10H2,1H3,(H,14,15)/b7-6-,11-9+. The van der Waals surface area contributed by atoms with E-state index in [0.29, 0.717) is 6.42 Å². The molecule has 0 saturated heterocycles. The van der Waals surface area contributed by atoms with Crippen molar-refractivity contribution in [3.63, 3.8) is 0 Å². The molecule has 0 aliphatic rings. The summed E-state index contributed by atoms with van der Waals surface area (Å²) in [5.41, 5.74) is -0.254. The van der Waals surface area contributed by atoms with Gasteiger partial charge in [-0.15, -0.1) is 0 Å². The van der Waals surface area contributed by atoms with Crippen LogP contribution in [0.3, 0.4) is 0 Å². The van der Waals surface area contributed by atoms with E-state index >= 15 is 0 Å². The van der Waals surface area contributed by atoms with E-state index in [4.69, 9.17) is 5.11 Å². The molecule has 0 radical (unpaired) electrons. The van der Waals surface area contributed by atoms with Crippen molar-refractivity contribution in [2.75, 3.05) is 0 Å². The third-order valence-electron chi connectivity index (χ3n) is 2.20. The molecule has 0 saturated carbocycles. The summed E-state index contributed by atoms with van der Waals surface area (Å²) in [5.74, 6) is -1.18. The van der Waals surface area contributed by atoms with Crippen LogP contribution in [-0.2, 0) is 4.79 Å². The van der Waals surface area contributed by atoms with Gasteiger partial charge in [0.15, 0.2) is 0 Å². The average Bonchev–Trinajstić information content (AvgIpc) is 2.25. The van der Waals surface area contributed by atoms with Crippen LogP contribution >= 0.6 is 0 Å². The number of nitro groups is 1. The first-order valence-corrected chi connectivity index (χ1v) is 5.78. The molecule has 0 aromatic carbocycles. The molecule has 0 bridgehead atoms. The summed E-state index contributed by atoms with van der Waals surface area (Å²) < 4.78 is 0. The summed E-state index contributed by atoms with van der Waals surface area (Å²) in [7, 11) is 0. The zero-order chi connectivity index (χ0) is 13.1. The lowest BCUT2D eigenvalue weighted by atomic mass is 10.2. The first-order chi connectivity index (χ1) is 8.07. The van der Waals surface area contributed by atoms with Crippen LogP contribution in [0.5, 0.6) is 0 Å². The molecule has 0 spiro atoms. The Morgan fingerprint density at radius 2 is 2.06 bits per heavy atom. The van der Waals surface area contributed by atoms with Gasteiger partial charge in [0.05, 0.1) is 4.92 Å². The van der Waals surface area contributed by atoms with Crippen molar-refractivity contribution >= 4 is 5.97 Å². The zero-order valence-corrected chi connectivity index (χ0v) is 10.1. The van der Waals surface area contributed by atoms with Gasteiger partial charge in [-0.25, -0.2) is 0 Å². The van der Waals surface area contributed by atoms with Crippen LogP contribution in [0.4, 0.5) is 0 Å². The largest absolute Gasteiger partial charge is 0.481 e. The maximum atomic E-state index is 10.5. The fourth-order valence-corrected chi connectivity index (χ4v) is 1.30. The first kappa shape index (κ1) is 15.3. The van der Waals surface area contributed by atoms with Crippen LogP contribution < -0.4 is 0 Å². The van der Waals surface area contributed by atoms with Gasteiger partial charge in [0.1, 0.15) is 6.42 Å². The summed E-state index contributed by atoms with van der Waals surface area (Å²) in [6.07, 6.45) is 9.47. The minimum Gasteiger partial charge on any atom is -0.481 e. The summed E-state index contributed by atoms with van der Waals surface area (Å²) >= 11 is 0. The van der Waals surface area contributed by atoms with E-state index in [2.05, 4.69) is 6.92 Å². The number of hydrogen-bond acceptors (Lipinski definition) is 3. The molecular weight excluding hydrogens is 222 g/mol. The lowest BCUT2D eigenvalue weighted by molar-refractivity contribution is -0.427. The van der Waals surface area contributed by atoms with Crippen LogP contribution in [0.25, 0.3) is 0 Å². The maximum Gasteiger partial charge on any atom is 0.314 e. The normalized spacial score (nSPS) is 11.9. The molecule has 0 amide bonds. The molecule has 5 heteroatoms. The third-order valence-corrected chi connectivity index (χ3v) is 2.20. The Kier molecular flexibility index (Phi) is 8.64. The highest BCUT2D eigenvalue weighted by Crippen LogP contribution is 2.05. The van der Waals surface area contributed by atoms with Crippen LogP contribution in [0.2, 0.25) is 0 Å². The molecule has 0 aliphatic carbocycles. The van der Waals surface area contributed by atoms with Gasteiger partial charge >= 0.3 is 5.97 Å². The third kappa shape index (κ3) is 9.29. The number of nitrogens with zero attached hydrogens (tertiary/aromatic N) is 1. The van der Waals surface area contributed by atoms with Gasteiger partial charge in [-0.05, 0) is 25.3 Å². The number of carboxylic acid groups (broad SMARTS) is 1. The van der Waals surface area contributed by atoms with Crippen molar-refractivity contribution in [2.45, 2.75) is 45.4 Å². The van der Waals surface area contributed by atoms with Gasteiger partial charge in [-0.3, -0.25) is 14.9 Å². The van der Waals surface area contributed by atoms with E-state index < -0.39 is 17.3 Å². The molecule has 1 N–H and O–H groups in total. The Bertz CT molecular complexity index is 308. The van der Waals surface area contributed by atoms with Crippen molar-refractivity contribution in [2.24, 2.45) is 0 Å². The molecule has 0 aromatic heterocycles. The lowest BCUT2D eigenvalue weighted by Gasteiger charge is -1.93. The molecule has 0 atom stereocenters. The van der Waals surface area contributed by atoms with Gasteiger partial charge in [0.2, 0.25) is 0 Å². The van der Waals surface area contributed by atoms with Crippen molar-refractivity contribution in [3.05, 3.63) is 34.0 Å². The van der Waals surface area contributed by atoms with E-state index in [1.54, 1.807) is 0 Å². The van der Waals surface area contributed by atoms with Gasteiger partial charge in [0.25, 0.3) is 5.70 Å². The lowest BCUT2D eigenvalue weighted by Crippen LogP contribution is -2.05. The monoisotopic (exact) mass is 241 g/mol. The van der Waals surface area contributed by atoms with E-state index in [9.17, 15) is 14.9 Å². The van der Waals surface area contributed by atoms with Gasteiger partial charge in [0, 0.05) is 0 Å². The van der Waals surface area contributed by atoms with Crippen molar-refractivity contribution in [3.8, 4) is 0 Å². The number of aliphatic carboxylic acids is 1. The van der Waals surface area contributed by atoms with Crippen molar-refractivity contribution in [1.82, 2.24) is 0 Å². The van der Waals surface area contributed by atoms with E-state index in [1.807, 2.05) is 12.2 Å². The Morgan fingerprint density at radius 3 is 2.59 bits per heavy atom. The summed E-state index contributed by atoms with van der Waals surface area (Å²) in [5, 5.41) is 19.0. The van der Waals surface area contributed by atoms with Crippen LogP contribution in [-0.4, -0.2) is 16.0 Å². The molecule has 0 heterocycles. The quantitative estimate of drug-likeness (QED) is 0.291. The molecule has 0 unspecified atom stereocenters. The van der Waals surface area contributed by atoms with E-state index in [0.717, 1.165) is 19.3 Å². The minimum atomic E-state index is -1.18. The molecule has 0 rings (SSSR count). The summed E-state index contributed by atoms with van der Waals surface area (Å²) in [6, 6.07) is 0. The highest BCUT2D eigenvalue weighted by atomic mass is 16.6. The number of carbonyl (C=O) groups is 1. The first-order valence-electron chi connectivity index (χ1n) is 5.78. The zero-order valence-electron chi connectivity index (χ0n) is 10.1. The number of rotatable bonds is 9. The summed E-state index contributed by atoms with van der Waals surface area (Å²) in [6.45, 7) is 2.13. The minimum absolute atomic E-state index is 0.254. The SMILES string of the molecule is CCCCC/C=C\C/C=C(\CC(=O)O)[N+](=O)[O-]. The number of hydrogen-bond donors (Lipinski definition) is 1. The highest BCUT2D eigenvalue weighted by molar-refractivity contribution is 5.69. The number of allylic oxidation sites excluding steroid dienone is 3. The predicted molar refractivity (Wildman–Crippen MR) is 65.2 cm³/mol. The molecule has 96 valence electrons. The second-order valence-electron chi connectivity index (χ2n) is 3.73. The van der Waals surface area contributed by atoms with Crippen LogP contribution in [0.15, 0.2) is 23.9 Å². The summed E-state index contributed by atoms with van der Waals surface area (Å²) in [4.78, 5) is 20.2. The van der Waals surface area contributed by atoms with Crippen LogP contribution in [0, 0.1) is 10.1 Å². The molecule has 0 fully saturated rings. The van der Waals surface area contributed by atoms with Gasteiger partial charge < -0.3 is 5.11 Å². The second-order valence-corrected chi connectivity index (χ2v) is 3.73.